The maximum atomic E-state index is 12.9. The molecule has 0 aliphatic carbocycles. The van der Waals surface area contributed by atoms with Crippen LogP contribution in [0.25, 0.3) is 5.52 Å². The molecule has 2 aromatic heterocycles. The van der Waals surface area contributed by atoms with Crippen molar-refractivity contribution >= 4 is 33.0 Å². The van der Waals surface area contributed by atoms with E-state index in [-0.39, 0.29) is 11.6 Å². The third-order valence-corrected chi connectivity index (χ3v) is 4.43. The predicted molar refractivity (Wildman–Crippen MR) is 94.5 cm³/mol. The predicted octanol–water partition coefficient (Wildman–Crippen LogP) is 4.75. The number of hydrogen-bond acceptors (Lipinski definition) is 2. The molecule has 0 spiro atoms. The number of fused-ring (bicyclic) bond motifs is 1. The first-order valence-electron chi connectivity index (χ1n) is 7.32. The molecule has 0 unspecified atom stereocenters. The van der Waals surface area contributed by atoms with Crippen LogP contribution in [0.3, 0.4) is 0 Å². The largest absolute Gasteiger partial charge is 0.312 e. The smallest absolute Gasteiger partial charge is 0.209 e. The number of ketones is 2. The van der Waals surface area contributed by atoms with Crippen LogP contribution in [0.4, 0.5) is 0 Å². The Labute approximate surface area is 143 Å². The highest BCUT2D eigenvalue weighted by Gasteiger charge is 2.20. The summed E-state index contributed by atoms with van der Waals surface area (Å²) in [4.78, 5) is 24.9. The second kappa shape index (κ2) is 5.78. The van der Waals surface area contributed by atoms with Crippen LogP contribution in [0.2, 0.25) is 0 Å². The Morgan fingerprint density at radius 1 is 1.04 bits per heavy atom. The molecule has 0 radical (unpaired) electrons. The number of rotatable bonds is 3. The van der Waals surface area contributed by atoms with E-state index in [1.807, 2.05) is 42.6 Å². The fourth-order valence-electron chi connectivity index (χ4n) is 2.90. The number of benzene rings is 1. The Morgan fingerprint density at radius 3 is 2.30 bits per heavy atom. The van der Waals surface area contributed by atoms with Gasteiger partial charge in [0.2, 0.25) is 5.78 Å². The molecule has 3 nitrogen and oxygen atoms in total. The number of carbonyl (C=O) groups excluding carboxylic acids is 2. The van der Waals surface area contributed by atoms with Crippen LogP contribution in [0.1, 0.15) is 44.5 Å². The summed E-state index contributed by atoms with van der Waals surface area (Å²) in [5.41, 5.74) is 4.54. The minimum Gasteiger partial charge on any atom is -0.312 e. The zero-order chi connectivity index (χ0) is 16.7. The van der Waals surface area contributed by atoms with Gasteiger partial charge in [-0.25, -0.2) is 0 Å². The van der Waals surface area contributed by atoms with Gasteiger partial charge in [0.1, 0.15) is 0 Å². The number of hydrogen-bond donors (Lipinski definition) is 0. The normalized spacial score (nSPS) is 11.0. The van der Waals surface area contributed by atoms with Gasteiger partial charge in [-0.1, -0.05) is 22.0 Å². The molecule has 0 saturated heterocycles. The van der Waals surface area contributed by atoms with Crippen molar-refractivity contribution in [2.75, 3.05) is 0 Å². The van der Waals surface area contributed by atoms with Crippen LogP contribution in [-0.2, 0) is 0 Å². The van der Waals surface area contributed by atoms with E-state index in [2.05, 4.69) is 15.9 Å². The van der Waals surface area contributed by atoms with Gasteiger partial charge in [0, 0.05) is 21.8 Å². The first-order valence-corrected chi connectivity index (χ1v) is 8.11. The summed E-state index contributed by atoms with van der Waals surface area (Å²) in [6.07, 6.45) is 1.90. The van der Waals surface area contributed by atoms with Gasteiger partial charge in [-0.05, 0) is 62.2 Å². The van der Waals surface area contributed by atoms with Gasteiger partial charge in [-0.15, -0.1) is 0 Å². The maximum Gasteiger partial charge on any atom is 0.209 e. The van der Waals surface area contributed by atoms with Crippen molar-refractivity contribution in [2.45, 2.75) is 20.8 Å². The molecule has 0 bridgehead atoms. The highest BCUT2D eigenvalue weighted by atomic mass is 79.9. The molecule has 0 aliphatic rings. The van der Waals surface area contributed by atoms with Crippen LogP contribution in [0, 0.1) is 13.8 Å². The van der Waals surface area contributed by atoms with Crippen molar-refractivity contribution in [2.24, 2.45) is 0 Å². The summed E-state index contributed by atoms with van der Waals surface area (Å²) in [7, 11) is 0. The molecule has 0 atom stereocenters. The number of aromatic nitrogens is 1. The average molecular weight is 370 g/mol. The molecule has 0 saturated carbocycles. The van der Waals surface area contributed by atoms with E-state index in [1.165, 1.54) is 6.92 Å². The van der Waals surface area contributed by atoms with Gasteiger partial charge >= 0.3 is 0 Å². The number of aryl methyl sites for hydroxylation is 2. The first kappa shape index (κ1) is 15.7. The second-order valence-corrected chi connectivity index (χ2v) is 6.67. The third kappa shape index (κ3) is 2.75. The highest BCUT2D eigenvalue weighted by Crippen LogP contribution is 2.25. The number of nitrogens with zero attached hydrogens (tertiary/aromatic N) is 1. The SMILES string of the molecule is CC(=O)c1cc(C(=O)c2ccc(Br)cc2)n2cc(C)cc(C)c12. The molecule has 116 valence electrons. The molecule has 1 aromatic carbocycles. The Bertz CT molecular complexity index is 936. The van der Waals surface area contributed by atoms with E-state index < -0.39 is 0 Å². The third-order valence-electron chi connectivity index (χ3n) is 3.91. The zero-order valence-electron chi connectivity index (χ0n) is 13.2. The highest BCUT2D eigenvalue weighted by molar-refractivity contribution is 9.10. The topological polar surface area (TPSA) is 38.5 Å². The standard InChI is InChI=1S/C19H16BrNO2/c1-11-8-12(2)18-16(13(3)22)9-17(21(18)10-11)19(23)14-4-6-15(20)7-5-14/h4-10H,1-3H3. The summed E-state index contributed by atoms with van der Waals surface area (Å²) in [5, 5.41) is 0. The number of Topliss-reactive ketones (excluding diaryl/α,β-unsaturated/α-hetero) is 1. The number of halogens is 1. The Kier molecular flexibility index (Phi) is 3.94. The molecular weight excluding hydrogens is 354 g/mol. The Morgan fingerprint density at radius 2 is 1.70 bits per heavy atom. The van der Waals surface area contributed by atoms with E-state index in [9.17, 15) is 9.59 Å². The van der Waals surface area contributed by atoms with Crippen LogP contribution < -0.4 is 0 Å². The quantitative estimate of drug-likeness (QED) is 0.624. The lowest BCUT2D eigenvalue weighted by Gasteiger charge is -2.07. The van der Waals surface area contributed by atoms with Gasteiger partial charge in [0.05, 0.1) is 11.2 Å². The fraction of sp³-hybridized carbons (Fsp3) is 0.158. The van der Waals surface area contributed by atoms with E-state index in [1.54, 1.807) is 18.2 Å². The summed E-state index contributed by atoms with van der Waals surface area (Å²) < 4.78 is 2.76. The summed E-state index contributed by atoms with van der Waals surface area (Å²) in [6, 6.07) is 11.0. The molecule has 0 aliphatic heterocycles. The van der Waals surface area contributed by atoms with E-state index >= 15 is 0 Å². The van der Waals surface area contributed by atoms with Gasteiger partial charge in [-0.2, -0.15) is 0 Å². The van der Waals surface area contributed by atoms with E-state index in [0.29, 0.717) is 16.8 Å². The van der Waals surface area contributed by atoms with Crippen LogP contribution >= 0.6 is 15.9 Å². The second-order valence-electron chi connectivity index (χ2n) is 5.75. The zero-order valence-corrected chi connectivity index (χ0v) is 14.8. The lowest BCUT2D eigenvalue weighted by Crippen LogP contribution is -2.05. The van der Waals surface area contributed by atoms with E-state index in [0.717, 1.165) is 21.1 Å². The van der Waals surface area contributed by atoms with Crippen LogP contribution in [0.15, 0.2) is 47.1 Å². The molecule has 23 heavy (non-hydrogen) atoms. The molecule has 0 fully saturated rings. The first-order chi connectivity index (χ1) is 10.9. The Hall–Kier alpha value is -2.20. The monoisotopic (exact) mass is 369 g/mol. The lowest BCUT2D eigenvalue weighted by atomic mass is 10.1. The van der Waals surface area contributed by atoms with Crippen molar-refractivity contribution in [3.05, 3.63) is 75.0 Å². The van der Waals surface area contributed by atoms with Crippen molar-refractivity contribution in [3.63, 3.8) is 0 Å². The molecular formula is C19H16BrNO2. The molecule has 3 rings (SSSR count). The van der Waals surface area contributed by atoms with Crippen molar-refractivity contribution in [1.82, 2.24) is 4.40 Å². The number of carbonyl (C=O) groups is 2. The summed E-state index contributed by atoms with van der Waals surface area (Å²) >= 11 is 3.37. The molecule has 0 N–H and O–H groups in total. The van der Waals surface area contributed by atoms with Crippen molar-refractivity contribution in [3.8, 4) is 0 Å². The lowest BCUT2D eigenvalue weighted by molar-refractivity contribution is 0.101. The minimum absolute atomic E-state index is 0.0377. The maximum absolute atomic E-state index is 12.9. The van der Waals surface area contributed by atoms with Gasteiger partial charge in [0.15, 0.2) is 5.78 Å². The summed E-state index contributed by atoms with van der Waals surface area (Å²) in [5.74, 6) is -0.130. The Balaban J connectivity index is 2.27. The van der Waals surface area contributed by atoms with Crippen LogP contribution in [-0.4, -0.2) is 16.0 Å². The molecule has 2 heterocycles. The van der Waals surface area contributed by atoms with Crippen molar-refractivity contribution in [1.29, 1.82) is 0 Å². The minimum atomic E-state index is -0.0926. The summed E-state index contributed by atoms with van der Waals surface area (Å²) in [6.45, 7) is 5.47. The van der Waals surface area contributed by atoms with Gasteiger partial charge in [-0.3, -0.25) is 9.59 Å². The van der Waals surface area contributed by atoms with Crippen LogP contribution in [0.5, 0.6) is 0 Å². The molecule has 0 amide bonds. The van der Waals surface area contributed by atoms with Gasteiger partial charge in [0.25, 0.3) is 0 Å². The number of pyridine rings is 1. The van der Waals surface area contributed by atoms with Crippen molar-refractivity contribution < 1.29 is 9.59 Å². The average Bonchev–Trinajstić information content (AvgIpc) is 2.87. The van der Waals surface area contributed by atoms with Gasteiger partial charge < -0.3 is 4.40 Å². The fourth-order valence-corrected chi connectivity index (χ4v) is 3.17. The van der Waals surface area contributed by atoms with E-state index in [4.69, 9.17) is 0 Å². The molecule has 3 aromatic rings. The molecule has 4 heteroatoms.